The molecule has 0 spiro atoms. The fraction of sp³-hybridized carbons (Fsp3) is 0.385. The molecule has 0 radical (unpaired) electrons. The molecule has 0 aliphatic heterocycles. The van der Waals surface area contributed by atoms with Crippen LogP contribution in [-0.4, -0.2) is 16.9 Å². The number of nitro groups is 1. The van der Waals surface area contributed by atoms with E-state index in [4.69, 9.17) is 5.26 Å². The first-order valence-electron chi connectivity index (χ1n) is 6.09. The van der Waals surface area contributed by atoms with Crippen molar-refractivity contribution in [2.45, 2.75) is 25.8 Å². The van der Waals surface area contributed by atoms with Gasteiger partial charge in [0.05, 0.1) is 16.6 Å². The first kappa shape index (κ1) is 14.5. The average Bonchev–Trinajstić information content (AvgIpc) is 3.22. The molecule has 1 fully saturated rings. The van der Waals surface area contributed by atoms with Gasteiger partial charge in [0.1, 0.15) is 6.04 Å². The SMILES string of the molecule is Cc1c(C(=O)N[C@@H](C#N)C2CC2)cc(Br)cc1[N+](=O)[O-]. The van der Waals surface area contributed by atoms with Crippen LogP contribution in [0.2, 0.25) is 0 Å². The number of hydrogen-bond donors (Lipinski definition) is 1. The lowest BCUT2D eigenvalue weighted by atomic mass is 10.1. The first-order chi connectivity index (χ1) is 9.43. The number of nitrogens with zero attached hydrogens (tertiary/aromatic N) is 2. The number of halogens is 1. The predicted molar refractivity (Wildman–Crippen MR) is 75.1 cm³/mol. The van der Waals surface area contributed by atoms with Crippen molar-refractivity contribution >= 4 is 27.5 Å². The van der Waals surface area contributed by atoms with Crippen molar-refractivity contribution in [2.24, 2.45) is 5.92 Å². The molecule has 104 valence electrons. The van der Waals surface area contributed by atoms with Crippen LogP contribution in [0.1, 0.15) is 28.8 Å². The molecule has 1 aromatic carbocycles. The molecule has 1 aromatic rings. The number of nitriles is 1. The summed E-state index contributed by atoms with van der Waals surface area (Å²) in [4.78, 5) is 22.6. The van der Waals surface area contributed by atoms with E-state index in [1.807, 2.05) is 0 Å². The second-order valence-corrected chi connectivity index (χ2v) is 5.69. The Hall–Kier alpha value is -1.94. The lowest BCUT2D eigenvalue weighted by molar-refractivity contribution is -0.385. The highest BCUT2D eigenvalue weighted by Gasteiger charge is 2.33. The molecule has 0 bridgehead atoms. The van der Waals surface area contributed by atoms with Crippen molar-refractivity contribution in [3.63, 3.8) is 0 Å². The molecule has 0 unspecified atom stereocenters. The summed E-state index contributed by atoms with van der Waals surface area (Å²) in [6.45, 7) is 1.53. The molecule has 6 nitrogen and oxygen atoms in total. The van der Waals surface area contributed by atoms with Crippen molar-refractivity contribution in [1.29, 1.82) is 5.26 Å². The number of carbonyl (C=O) groups excluding carboxylic acids is 1. The van der Waals surface area contributed by atoms with Crippen LogP contribution in [0.25, 0.3) is 0 Å². The second kappa shape index (κ2) is 5.59. The molecule has 1 amide bonds. The Balaban J connectivity index is 2.30. The lowest BCUT2D eigenvalue weighted by Gasteiger charge is -2.12. The molecule has 1 aliphatic rings. The second-order valence-electron chi connectivity index (χ2n) is 4.77. The quantitative estimate of drug-likeness (QED) is 0.674. The largest absolute Gasteiger partial charge is 0.336 e. The van der Waals surface area contributed by atoms with Gasteiger partial charge in [-0.3, -0.25) is 14.9 Å². The maximum absolute atomic E-state index is 12.2. The number of benzene rings is 1. The summed E-state index contributed by atoms with van der Waals surface area (Å²) >= 11 is 3.16. The predicted octanol–water partition coefficient (Wildman–Crippen LogP) is 2.70. The fourth-order valence-corrected chi connectivity index (χ4v) is 2.44. The van der Waals surface area contributed by atoms with E-state index in [1.54, 1.807) is 0 Å². The summed E-state index contributed by atoms with van der Waals surface area (Å²) in [7, 11) is 0. The van der Waals surface area contributed by atoms with Crippen LogP contribution in [0.5, 0.6) is 0 Å². The van der Waals surface area contributed by atoms with E-state index in [0.29, 0.717) is 10.0 Å². The third-order valence-corrected chi connectivity index (χ3v) is 3.76. The zero-order valence-electron chi connectivity index (χ0n) is 10.7. The van der Waals surface area contributed by atoms with Gasteiger partial charge in [0.2, 0.25) is 0 Å². The standard InChI is InChI=1S/C13H12BrN3O3/c1-7-10(4-9(14)5-12(7)17(19)20)13(18)16-11(6-15)8-2-3-8/h4-5,8,11H,2-3H2,1H3,(H,16,18)/t11-/m0/s1. The first-order valence-corrected chi connectivity index (χ1v) is 6.88. The smallest absolute Gasteiger partial charge is 0.274 e. The number of carbonyl (C=O) groups is 1. The van der Waals surface area contributed by atoms with Gasteiger partial charge in [-0.1, -0.05) is 15.9 Å². The monoisotopic (exact) mass is 337 g/mol. The molecule has 1 saturated carbocycles. The molecule has 0 aromatic heterocycles. The number of nitrogens with one attached hydrogen (secondary N) is 1. The third-order valence-electron chi connectivity index (χ3n) is 3.31. The molecule has 1 N–H and O–H groups in total. The summed E-state index contributed by atoms with van der Waals surface area (Å²) in [6, 6.07) is 4.41. The zero-order valence-corrected chi connectivity index (χ0v) is 12.3. The van der Waals surface area contributed by atoms with E-state index in [9.17, 15) is 14.9 Å². The Kier molecular flexibility index (Phi) is 4.04. The van der Waals surface area contributed by atoms with E-state index in [1.165, 1.54) is 19.1 Å². The van der Waals surface area contributed by atoms with Crippen LogP contribution in [0.4, 0.5) is 5.69 Å². The van der Waals surface area contributed by atoms with E-state index < -0.39 is 16.9 Å². The van der Waals surface area contributed by atoms with Crippen molar-refractivity contribution in [3.05, 3.63) is 37.8 Å². The minimum Gasteiger partial charge on any atom is -0.336 e. The van der Waals surface area contributed by atoms with Gasteiger partial charge in [0, 0.05) is 16.1 Å². The molecule has 7 heteroatoms. The number of rotatable bonds is 4. The molecule has 1 aliphatic carbocycles. The topological polar surface area (TPSA) is 96.0 Å². The summed E-state index contributed by atoms with van der Waals surface area (Å²) in [5.74, 6) is -0.253. The Morgan fingerprint density at radius 3 is 2.75 bits per heavy atom. The van der Waals surface area contributed by atoms with Gasteiger partial charge in [-0.2, -0.15) is 5.26 Å². The minimum absolute atomic E-state index is 0.121. The molecular weight excluding hydrogens is 326 g/mol. The van der Waals surface area contributed by atoms with Crippen molar-refractivity contribution in [3.8, 4) is 6.07 Å². The van der Waals surface area contributed by atoms with E-state index in [0.717, 1.165) is 12.8 Å². The van der Waals surface area contributed by atoms with Gasteiger partial charge >= 0.3 is 0 Å². The van der Waals surface area contributed by atoms with E-state index in [-0.39, 0.29) is 17.2 Å². The van der Waals surface area contributed by atoms with E-state index >= 15 is 0 Å². The maximum atomic E-state index is 12.2. The summed E-state index contributed by atoms with van der Waals surface area (Å²) < 4.78 is 0.458. The molecule has 2 rings (SSSR count). The molecular formula is C13H12BrN3O3. The van der Waals surface area contributed by atoms with Gasteiger partial charge in [0.25, 0.3) is 11.6 Å². The number of nitro benzene ring substituents is 1. The fourth-order valence-electron chi connectivity index (χ4n) is 1.99. The highest BCUT2D eigenvalue weighted by atomic mass is 79.9. The number of hydrogen-bond acceptors (Lipinski definition) is 4. The molecule has 20 heavy (non-hydrogen) atoms. The Morgan fingerprint density at radius 1 is 1.60 bits per heavy atom. The summed E-state index contributed by atoms with van der Waals surface area (Å²) in [5.41, 5.74) is 0.389. The number of amides is 1. The Labute approximate surface area is 124 Å². The van der Waals surface area contributed by atoms with E-state index in [2.05, 4.69) is 27.3 Å². The van der Waals surface area contributed by atoms with Crippen molar-refractivity contribution in [2.75, 3.05) is 0 Å². The molecule has 0 heterocycles. The Morgan fingerprint density at radius 2 is 2.25 bits per heavy atom. The highest BCUT2D eigenvalue weighted by molar-refractivity contribution is 9.10. The van der Waals surface area contributed by atoms with Crippen LogP contribution in [-0.2, 0) is 0 Å². The van der Waals surface area contributed by atoms with Crippen LogP contribution in [0.3, 0.4) is 0 Å². The van der Waals surface area contributed by atoms with Gasteiger partial charge < -0.3 is 5.32 Å². The van der Waals surface area contributed by atoms with Crippen LogP contribution >= 0.6 is 15.9 Å². The normalized spacial score (nSPS) is 15.2. The van der Waals surface area contributed by atoms with Crippen molar-refractivity contribution in [1.82, 2.24) is 5.32 Å². The van der Waals surface area contributed by atoms with Gasteiger partial charge in [-0.05, 0) is 31.7 Å². The maximum Gasteiger partial charge on any atom is 0.274 e. The zero-order chi connectivity index (χ0) is 14.9. The van der Waals surface area contributed by atoms with Gasteiger partial charge in [-0.15, -0.1) is 0 Å². The van der Waals surface area contributed by atoms with Gasteiger partial charge in [0.15, 0.2) is 0 Å². The third kappa shape index (κ3) is 2.96. The van der Waals surface area contributed by atoms with Crippen LogP contribution in [0, 0.1) is 34.3 Å². The minimum atomic E-state index is -0.528. The van der Waals surface area contributed by atoms with Crippen LogP contribution in [0.15, 0.2) is 16.6 Å². The average molecular weight is 338 g/mol. The lowest BCUT2D eigenvalue weighted by Crippen LogP contribution is -2.35. The van der Waals surface area contributed by atoms with Crippen LogP contribution < -0.4 is 5.32 Å². The van der Waals surface area contributed by atoms with Gasteiger partial charge in [-0.25, -0.2) is 0 Å². The van der Waals surface area contributed by atoms with Crippen molar-refractivity contribution < 1.29 is 9.72 Å². The summed E-state index contributed by atoms with van der Waals surface area (Å²) in [5, 5.41) is 22.6. The highest BCUT2D eigenvalue weighted by Crippen LogP contribution is 2.33. The molecule has 1 atom stereocenters. The molecule has 0 saturated heterocycles. The summed E-state index contributed by atoms with van der Waals surface area (Å²) in [6.07, 6.45) is 1.85. The Bertz CT molecular complexity index is 620.